The predicted octanol–water partition coefficient (Wildman–Crippen LogP) is 1.21. The van der Waals surface area contributed by atoms with E-state index >= 15 is 0 Å². The molecule has 0 heterocycles. The van der Waals surface area contributed by atoms with E-state index in [4.69, 9.17) is 0 Å². The molecule has 0 aliphatic rings. The molecule has 11 heavy (non-hydrogen) atoms. The molecule has 0 amide bonds. The molecule has 1 atom stereocenters. The van der Waals surface area contributed by atoms with E-state index in [1.807, 2.05) is 0 Å². The van der Waals surface area contributed by atoms with Crippen molar-refractivity contribution in [1.82, 2.24) is 0 Å². The first-order chi connectivity index (χ1) is 5.20. The number of thiocarbonyl (C=S) groups is 1. The SMILES string of the molecule is COC(=O)/C=C/C(C)N=C=S. The molecule has 0 aromatic carbocycles. The Morgan fingerprint density at radius 1 is 1.82 bits per heavy atom. The molecule has 0 aromatic rings. The summed E-state index contributed by atoms with van der Waals surface area (Å²) >= 11 is 4.37. The normalized spacial score (nSPS) is 12.2. The third-order valence-electron chi connectivity index (χ3n) is 0.968. The number of ether oxygens (including phenoxy) is 1. The molecule has 0 N–H and O–H groups in total. The van der Waals surface area contributed by atoms with Gasteiger partial charge in [-0.2, -0.15) is 0 Å². The average Bonchev–Trinajstić information content (AvgIpc) is 2.01. The molecule has 0 bridgehead atoms. The zero-order valence-electron chi connectivity index (χ0n) is 6.40. The van der Waals surface area contributed by atoms with Gasteiger partial charge in [-0.1, -0.05) is 6.08 Å². The van der Waals surface area contributed by atoms with E-state index in [9.17, 15) is 4.79 Å². The molecule has 0 saturated carbocycles. The van der Waals surface area contributed by atoms with Crippen molar-refractivity contribution in [2.45, 2.75) is 13.0 Å². The Hall–Kier alpha value is -0.990. The van der Waals surface area contributed by atoms with Gasteiger partial charge in [0, 0.05) is 6.08 Å². The maximum atomic E-state index is 10.5. The number of methoxy groups -OCH3 is 1. The Bertz CT molecular complexity index is 206. The predicted molar refractivity (Wildman–Crippen MR) is 45.6 cm³/mol. The molecule has 3 nitrogen and oxygen atoms in total. The van der Waals surface area contributed by atoms with E-state index in [0.717, 1.165) is 0 Å². The second-order valence-electron chi connectivity index (χ2n) is 1.84. The summed E-state index contributed by atoms with van der Waals surface area (Å²) in [5.74, 6) is -0.392. The van der Waals surface area contributed by atoms with Gasteiger partial charge in [0.25, 0.3) is 0 Å². The first-order valence-corrected chi connectivity index (χ1v) is 3.44. The van der Waals surface area contributed by atoms with E-state index in [0.29, 0.717) is 0 Å². The van der Waals surface area contributed by atoms with Gasteiger partial charge in [-0.05, 0) is 19.1 Å². The molecule has 0 saturated heterocycles. The van der Waals surface area contributed by atoms with Crippen LogP contribution in [0.5, 0.6) is 0 Å². The van der Waals surface area contributed by atoms with Gasteiger partial charge < -0.3 is 4.74 Å². The molecule has 1 unspecified atom stereocenters. The highest BCUT2D eigenvalue weighted by Crippen LogP contribution is 1.90. The minimum absolute atomic E-state index is 0.119. The molecule has 0 radical (unpaired) electrons. The van der Waals surface area contributed by atoms with E-state index in [-0.39, 0.29) is 6.04 Å². The van der Waals surface area contributed by atoms with Crippen molar-refractivity contribution in [3.63, 3.8) is 0 Å². The second-order valence-corrected chi connectivity index (χ2v) is 2.03. The fraction of sp³-hybridized carbons (Fsp3) is 0.429. The number of rotatable bonds is 3. The van der Waals surface area contributed by atoms with Gasteiger partial charge in [0.15, 0.2) is 0 Å². The van der Waals surface area contributed by atoms with Gasteiger partial charge in [-0.3, -0.25) is 0 Å². The van der Waals surface area contributed by atoms with Crippen LogP contribution in [-0.2, 0) is 9.53 Å². The van der Waals surface area contributed by atoms with Gasteiger partial charge in [0.05, 0.1) is 18.3 Å². The minimum atomic E-state index is -0.392. The zero-order chi connectivity index (χ0) is 8.69. The highest BCUT2D eigenvalue weighted by Gasteiger charge is 1.93. The molecule has 4 heteroatoms. The van der Waals surface area contributed by atoms with Crippen LogP contribution in [0.3, 0.4) is 0 Å². The smallest absolute Gasteiger partial charge is 0.330 e. The van der Waals surface area contributed by atoms with Crippen LogP contribution in [0.2, 0.25) is 0 Å². The van der Waals surface area contributed by atoms with Crippen molar-refractivity contribution >= 4 is 23.3 Å². The van der Waals surface area contributed by atoms with Crippen LogP contribution < -0.4 is 0 Å². The Morgan fingerprint density at radius 2 is 2.45 bits per heavy atom. The van der Waals surface area contributed by atoms with Crippen molar-refractivity contribution in [3.8, 4) is 0 Å². The zero-order valence-corrected chi connectivity index (χ0v) is 7.22. The second kappa shape index (κ2) is 5.77. The van der Waals surface area contributed by atoms with Crippen LogP contribution >= 0.6 is 12.2 Å². The lowest BCUT2D eigenvalue weighted by Gasteiger charge is -1.93. The topological polar surface area (TPSA) is 38.7 Å². The summed E-state index contributed by atoms with van der Waals surface area (Å²) in [6.07, 6.45) is 2.89. The number of aliphatic imine (C=N–C) groups is 1. The molecule has 0 aliphatic carbocycles. The molecule has 0 spiro atoms. The van der Waals surface area contributed by atoms with Gasteiger partial charge in [0.1, 0.15) is 0 Å². The van der Waals surface area contributed by atoms with E-state index in [2.05, 4.69) is 27.1 Å². The van der Waals surface area contributed by atoms with Crippen LogP contribution in [-0.4, -0.2) is 24.3 Å². The van der Waals surface area contributed by atoms with Gasteiger partial charge in [0.2, 0.25) is 0 Å². The number of carbonyl (C=O) groups excluding carboxylic acids is 1. The van der Waals surface area contributed by atoms with Crippen molar-refractivity contribution in [3.05, 3.63) is 12.2 Å². The van der Waals surface area contributed by atoms with Crippen LogP contribution in [0, 0.1) is 0 Å². The van der Waals surface area contributed by atoms with E-state index in [1.165, 1.54) is 13.2 Å². The van der Waals surface area contributed by atoms with Crippen LogP contribution in [0.25, 0.3) is 0 Å². The number of hydrogen-bond donors (Lipinski definition) is 0. The summed E-state index contributed by atoms with van der Waals surface area (Å²) in [6.45, 7) is 1.79. The quantitative estimate of drug-likeness (QED) is 0.277. The van der Waals surface area contributed by atoms with Crippen LogP contribution in [0.1, 0.15) is 6.92 Å². The Labute approximate surface area is 70.8 Å². The summed E-state index contributed by atoms with van der Waals surface area (Å²) < 4.78 is 4.36. The molecule has 0 aliphatic heterocycles. The monoisotopic (exact) mass is 171 g/mol. The van der Waals surface area contributed by atoms with Crippen molar-refractivity contribution in [2.24, 2.45) is 4.99 Å². The molecule has 0 aromatic heterocycles. The first-order valence-electron chi connectivity index (χ1n) is 3.04. The first kappa shape index (κ1) is 10.0. The Kier molecular flexibility index (Phi) is 5.25. The number of nitrogens with zero attached hydrogens (tertiary/aromatic N) is 1. The maximum Gasteiger partial charge on any atom is 0.330 e. The van der Waals surface area contributed by atoms with Gasteiger partial charge in [-0.15, -0.1) is 0 Å². The molecular formula is C7H9NO2S. The van der Waals surface area contributed by atoms with E-state index < -0.39 is 5.97 Å². The third kappa shape index (κ3) is 5.45. The highest BCUT2D eigenvalue weighted by atomic mass is 32.1. The highest BCUT2D eigenvalue weighted by molar-refractivity contribution is 7.78. The number of carbonyl (C=O) groups is 1. The summed E-state index contributed by atoms with van der Waals surface area (Å²) in [4.78, 5) is 14.2. The fourth-order valence-corrected chi connectivity index (χ4v) is 0.578. The third-order valence-corrected chi connectivity index (χ3v) is 1.07. The van der Waals surface area contributed by atoms with Crippen molar-refractivity contribution in [1.29, 1.82) is 0 Å². The summed E-state index contributed by atoms with van der Waals surface area (Å²) in [6, 6.07) is -0.119. The number of hydrogen-bond acceptors (Lipinski definition) is 4. The Morgan fingerprint density at radius 3 is 2.91 bits per heavy atom. The van der Waals surface area contributed by atoms with Crippen molar-refractivity contribution < 1.29 is 9.53 Å². The number of esters is 1. The molecule has 60 valence electrons. The summed E-state index contributed by atoms with van der Waals surface area (Å²) in [7, 11) is 1.32. The van der Waals surface area contributed by atoms with Crippen molar-refractivity contribution in [2.75, 3.05) is 7.11 Å². The minimum Gasteiger partial charge on any atom is -0.466 e. The lowest BCUT2D eigenvalue weighted by Crippen LogP contribution is -1.97. The van der Waals surface area contributed by atoms with E-state index in [1.54, 1.807) is 13.0 Å². The number of isothiocyanates is 1. The lowest BCUT2D eigenvalue weighted by molar-refractivity contribution is -0.134. The van der Waals surface area contributed by atoms with Crippen LogP contribution in [0.4, 0.5) is 0 Å². The molecular weight excluding hydrogens is 162 g/mol. The summed E-state index contributed by atoms with van der Waals surface area (Å²) in [5.41, 5.74) is 0. The molecule has 0 fully saturated rings. The van der Waals surface area contributed by atoms with Gasteiger partial charge >= 0.3 is 5.97 Å². The maximum absolute atomic E-state index is 10.5. The largest absolute Gasteiger partial charge is 0.466 e. The fourth-order valence-electron chi connectivity index (χ4n) is 0.412. The van der Waals surface area contributed by atoms with Gasteiger partial charge in [-0.25, -0.2) is 9.79 Å². The van der Waals surface area contributed by atoms with Crippen LogP contribution in [0.15, 0.2) is 17.1 Å². The average molecular weight is 171 g/mol. The molecule has 0 rings (SSSR count). The standard InChI is InChI=1S/C7H9NO2S/c1-6(8-5-11)3-4-7(9)10-2/h3-4,6H,1-2H3/b4-3+. The Balaban J connectivity index is 3.91. The lowest BCUT2D eigenvalue weighted by atomic mass is 10.3. The summed E-state index contributed by atoms with van der Waals surface area (Å²) in [5, 5.41) is 2.21.